The van der Waals surface area contributed by atoms with E-state index in [2.05, 4.69) is 35.4 Å². The predicted octanol–water partition coefficient (Wildman–Crippen LogP) is 3.56. The van der Waals surface area contributed by atoms with E-state index < -0.39 is 0 Å². The second kappa shape index (κ2) is 7.53. The van der Waals surface area contributed by atoms with Crippen LogP contribution in [0.15, 0.2) is 12.3 Å². The third kappa shape index (κ3) is 4.54. The first-order chi connectivity index (χ1) is 9.61. The number of hydrogen-bond donors (Lipinski definition) is 1. The average Bonchev–Trinajstić information content (AvgIpc) is 3.26. The highest BCUT2D eigenvalue weighted by Crippen LogP contribution is 2.26. The van der Waals surface area contributed by atoms with Crippen LogP contribution < -0.4 is 10.2 Å². The van der Waals surface area contributed by atoms with E-state index in [0.717, 1.165) is 35.1 Å². The summed E-state index contributed by atoms with van der Waals surface area (Å²) < 4.78 is 0. The van der Waals surface area contributed by atoms with Crippen LogP contribution in [0, 0.1) is 0 Å². The Kier molecular flexibility index (Phi) is 6.00. The number of thioether (sulfide) groups is 1. The van der Waals surface area contributed by atoms with Crippen LogP contribution >= 0.6 is 23.4 Å². The molecule has 3 nitrogen and oxygen atoms in total. The van der Waals surface area contributed by atoms with Crippen molar-refractivity contribution in [3.63, 3.8) is 0 Å². The Morgan fingerprint density at radius 2 is 2.30 bits per heavy atom. The molecule has 0 bridgehead atoms. The minimum absolute atomic E-state index is 0.447. The van der Waals surface area contributed by atoms with Crippen LogP contribution in [-0.2, 0) is 6.54 Å². The van der Waals surface area contributed by atoms with Crippen molar-refractivity contribution in [1.29, 1.82) is 0 Å². The monoisotopic (exact) mass is 313 g/mol. The molecule has 1 aromatic heterocycles. The van der Waals surface area contributed by atoms with Crippen molar-refractivity contribution in [3.05, 3.63) is 22.8 Å². The molecule has 1 saturated carbocycles. The molecule has 1 aromatic rings. The Morgan fingerprint density at radius 1 is 1.55 bits per heavy atom. The first kappa shape index (κ1) is 15.9. The van der Waals surface area contributed by atoms with E-state index in [1.54, 1.807) is 0 Å². The summed E-state index contributed by atoms with van der Waals surface area (Å²) in [6.45, 7) is 3.08. The summed E-state index contributed by atoms with van der Waals surface area (Å²) in [5.74, 6) is 2.04. The molecule has 1 unspecified atom stereocenters. The van der Waals surface area contributed by atoms with Crippen molar-refractivity contribution in [2.75, 3.05) is 24.0 Å². The quantitative estimate of drug-likeness (QED) is 0.794. The van der Waals surface area contributed by atoms with Crippen LogP contribution in [0.3, 0.4) is 0 Å². The van der Waals surface area contributed by atoms with Crippen LogP contribution in [0.2, 0.25) is 5.02 Å². The zero-order valence-corrected chi connectivity index (χ0v) is 14.1. The van der Waals surface area contributed by atoms with Crippen LogP contribution in [-0.4, -0.2) is 36.1 Å². The number of nitrogens with zero attached hydrogens (tertiary/aromatic N) is 2. The lowest BCUT2D eigenvalue weighted by Gasteiger charge is -2.26. The second-order valence-corrected chi connectivity index (χ2v) is 6.94. The van der Waals surface area contributed by atoms with Crippen LogP contribution in [0.25, 0.3) is 0 Å². The summed E-state index contributed by atoms with van der Waals surface area (Å²) in [6.07, 6.45) is 7.82. The van der Waals surface area contributed by atoms with Gasteiger partial charge in [0.15, 0.2) is 0 Å². The summed E-state index contributed by atoms with van der Waals surface area (Å²) in [6, 6.07) is 3.20. The smallest absolute Gasteiger partial charge is 0.147 e. The van der Waals surface area contributed by atoms with Gasteiger partial charge in [-0.25, -0.2) is 4.98 Å². The molecule has 1 N–H and O–H groups in total. The Morgan fingerprint density at radius 3 is 2.90 bits per heavy atom. The van der Waals surface area contributed by atoms with Gasteiger partial charge in [-0.3, -0.25) is 0 Å². The molecule has 0 spiro atoms. The lowest BCUT2D eigenvalue weighted by molar-refractivity contribution is 0.659. The van der Waals surface area contributed by atoms with E-state index in [0.29, 0.717) is 12.1 Å². The molecular formula is C15H24ClN3S. The third-order valence-corrected chi connectivity index (χ3v) is 4.71. The predicted molar refractivity (Wildman–Crippen MR) is 90.0 cm³/mol. The Hall–Kier alpha value is -0.450. The highest BCUT2D eigenvalue weighted by Gasteiger charge is 2.20. The molecule has 0 aromatic carbocycles. The van der Waals surface area contributed by atoms with E-state index in [4.69, 9.17) is 11.6 Å². The van der Waals surface area contributed by atoms with Crippen molar-refractivity contribution in [1.82, 2.24) is 10.3 Å². The number of pyridine rings is 1. The largest absolute Gasteiger partial charge is 0.356 e. The molecule has 2 rings (SSSR count). The number of anilines is 1. The minimum Gasteiger partial charge on any atom is -0.356 e. The number of halogens is 1. The van der Waals surface area contributed by atoms with Gasteiger partial charge in [0.1, 0.15) is 5.82 Å². The zero-order chi connectivity index (χ0) is 14.5. The zero-order valence-electron chi connectivity index (χ0n) is 12.5. The highest BCUT2D eigenvalue weighted by atomic mass is 35.5. The second-order valence-electron chi connectivity index (χ2n) is 5.55. The Balaban J connectivity index is 1.96. The normalized spacial score (nSPS) is 16.2. The molecule has 0 amide bonds. The Labute approximate surface area is 131 Å². The summed E-state index contributed by atoms with van der Waals surface area (Å²) in [7, 11) is 2.07. The number of rotatable bonds is 8. The summed E-state index contributed by atoms with van der Waals surface area (Å²) in [4.78, 5) is 6.73. The van der Waals surface area contributed by atoms with Crippen molar-refractivity contribution in [2.45, 2.75) is 44.8 Å². The maximum atomic E-state index is 6.40. The molecule has 1 aliphatic rings. The van der Waals surface area contributed by atoms with Crippen molar-refractivity contribution in [2.24, 2.45) is 0 Å². The molecule has 112 valence electrons. The maximum Gasteiger partial charge on any atom is 0.147 e. The maximum absolute atomic E-state index is 6.40. The van der Waals surface area contributed by atoms with Gasteiger partial charge in [-0.2, -0.15) is 11.8 Å². The summed E-state index contributed by atoms with van der Waals surface area (Å²) in [5, 5.41) is 4.23. The molecule has 1 fully saturated rings. The fourth-order valence-corrected chi connectivity index (χ4v) is 2.97. The van der Waals surface area contributed by atoms with Crippen LogP contribution in [0.1, 0.15) is 31.7 Å². The molecule has 1 aliphatic carbocycles. The van der Waals surface area contributed by atoms with Gasteiger partial charge >= 0.3 is 0 Å². The third-order valence-electron chi connectivity index (χ3n) is 3.79. The van der Waals surface area contributed by atoms with Gasteiger partial charge in [-0.15, -0.1) is 0 Å². The van der Waals surface area contributed by atoms with Gasteiger partial charge in [0, 0.05) is 31.9 Å². The molecule has 0 aliphatic heterocycles. The van der Waals surface area contributed by atoms with Gasteiger partial charge in [-0.05, 0) is 49.8 Å². The van der Waals surface area contributed by atoms with Crippen LogP contribution in [0.4, 0.5) is 5.82 Å². The fourth-order valence-electron chi connectivity index (χ4n) is 2.07. The van der Waals surface area contributed by atoms with Gasteiger partial charge in [0.25, 0.3) is 0 Å². The van der Waals surface area contributed by atoms with E-state index in [9.17, 15) is 0 Å². The van der Waals surface area contributed by atoms with Gasteiger partial charge in [-0.1, -0.05) is 11.6 Å². The van der Waals surface area contributed by atoms with E-state index in [-0.39, 0.29) is 0 Å². The van der Waals surface area contributed by atoms with E-state index >= 15 is 0 Å². The van der Waals surface area contributed by atoms with Crippen molar-refractivity contribution >= 4 is 29.2 Å². The molecule has 5 heteroatoms. The summed E-state index contributed by atoms with van der Waals surface area (Å²) >= 11 is 8.27. The van der Waals surface area contributed by atoms with Gasteiger partial charge in [0.05, 0.1) is 5.02 Å². The number of nitrogens with one attached hydrogen (secondary N) is 1. The van der Waals surface area contributed by atoms with Crippen molar-refractivity contribution in [3.8, 4) is 0 Å². The highest BCUT2D eigenvalue weighted by molar-refractivity contribution is 7.98. The van der Waals surface area contributed by atoms with Crippen LogP contribution in [0.5, 0.6) is 0 Å². The lowest BCUT2D eigenvalue weighted by atomic mass is 10.2. The van der Waals surface area contributed by atoms with Gasteiger partial charge < -0.3 is 10.2 Å². The summed E-state index contributed by atoms with van der Waals surface area (Å²) in [5.41, 5.74) is 1.16. The van der Waals surface area contributed by atoms with Gasteiger partial charge in [0.2, 0.25) is 0 Å². The number of hydrogen-bond acceptors (Lipinski definition) is 4. The molecule has 1 atom stereocenters. The molecule has 0 radical (unpaired) electrons. The average molecular weight is 314 g/mol. The Bertz CT molecular complexity index is 437. The van der Waals surface area contributed by atoms with E-state index in [1.807, 2.05) is 24.0 Å². The molecule has 20 heavy (non-hydrogen) atoms. The topological polar surface area (TPSA) is 28.2 Å². The SMILES string of the molecule is CSCCC(C)N(C)c1ncc(CNC2CC2)cc1Cl. The first-order valence-corrected chi connectivity index (χ1v) is 8.98. The molecular weight excluding hydrogens is 290 g/mol. The minimum atomic E-state index is 0.447. The molecule has 1 heterocycles. The number of aromatic nitrogens is 1. The van der Waals surface area contributed by atoms with E-state index in [1.165, 1.54) is 12.8 Å². The van der Waals surface area contributed by atoms with Crippen molar-refractivity contribution < 1.29 is 0 Å². The first-order valence-electron chi connectivity index (χ1n) is 7.21. The standard InChI is InChI=1S/C15H24ClN3S/c1-11(6-7-20-3)19(2)15-14(16)8-12(10-18-15)9-17-13-4-5-13/h8,10-11,13,17H,4-7,9H2,1-3H3. The lowest BCUT2D eigenvalue weighted by Crippen LogP contribution is -2.30. The molecule has 0 saturated heterocycles. The fraction of sp³-hybridized carbons (Fsp3) is 0.667.